The maximum Gasteiger partial charge on any atom is 0.347 e. The van der Waals surface area contributed by atoms with Crippen LogP contribution in [0.25, 0.3) is 0 Å². The third kappa shape index (κ3) is 6.05. The highest BCUT2D eigenvalue weighted by molar-refractivity contribution is 7.89. The van der Waals surface area contributed by atoms with Crippen molar-refractivity contribution in [1.29, 1.82) is 0 Å². The normalized spacial score (nSPS) is 12.3. The van der Waals surface area contributed by atoms with E-state index in [-0.39, 0.29) is 18.1 Å². The first-order chi connectivity index (χ1) is 12.3. The minimum absolute atomic E-state index is 0.00152. The highest BCUT2D eigenvalue weighted by atomic mass is 32.2. The van der Waals surface area contributed by atoms with Crippen LogP contribution in [0.4, 0.5) is 0 Å². The summed E-state index contributed by atoms with van der Waals surface area (Å²) in [7, 11) is -3.73. The van der Waals surface area contributed by atoms with Crippen molar-refractivity contribution in [3.05, 3.63) is 54.1 Å². The smallest absolute Gasteiger partial charge is 0.347 e. The van der Waals surface area contributed by atoms with Crippen LogP contribution in [-0.2, 0) is 19.6 Å². The summed E-state index contributed by atoms with van der Waals surface area (Å²) >= 11 is 0. The first kappa shape index (κ1) is 19.7. The highest BCUT2D eigenvalue weighted by Crippen LogP contribution is 2.15. The number of carbonyl (C=O) groups is 1. The van der Waals surface area contributed by atoms with E-state index in [0.717, 1.165) is 5.56 Å². The quantitative estimate of drug-likeness (QED) is 0.556. The second-order valence-electron chi connectivity index (χ2n) is 5.61. The number of nitrogens with two attached hydrogens (primary N) is 1. The van der Waals surface area contributed by atoms with E-state index in [4.69, 9.17) is 19.3 Å². The maximum atomic E-state index is 11.9. The molecule has 0 aliphatic rings. The van der Waals surface area contributed by atoms with Gasteiger partial charge in [0.05, 0.1) is 4.90 Å². The van der Waals surface area contributed by atoms with Crippen molar-refractivity contribution in [3.63, 3.8) is 0 Å². The zero-order valence-corrected chi connectivity index (χ0v) is 15.4. The molecule has 1 atom stereocenters. The lowest BCUT2D eigenvalue weighted by molar-refractivity contribution is -0.151. The van der Waals surface area contributed by atoms with Crippen molar-refractivity contribution in [1.82, 2.24) is 0 Å². The lowest BCUT2D eigenvalue weighted by atomic mass is 10.2. The molecular formula is C18H21NO6S. The Morgan fingerprint density at radius 3 is 2.15 bits per heavy atom. The van der Waals surface area contributed by atoms with Crippen molar-refractivity contribution in [3.8, 4) is 11.5 Å². The third-order valence-electron chi connectivity index (χ3n) is 3.41. The molecule has 26 heavy (non-hydrogen) atoms. The van der Waals surface area contributed by atoms with Crippen LogP contribution in [0.1, 0.15) is 12.5 Å². The molecule has 7 nitrogen and oxygen atoms in total. The average molecular weight is 379 g/mol. The molecule has 0 saturated carbocycles. The van der Waals surface area contributed by atoms with Crippen molar-refractivity contribution >= 4 is 16.0 Å². The van der Waals surface area contributed by atoms with Gasteiger partial charge in [0.25, 0.3) is 0 Å². The Kier molecular flexibility index (Phi) is 6.59. The zero-order valence-electron chi connectivity index (χ0n) is 14.5. The summed E-state index contributed by atoms with van der Waals surface area (Å²) in [5.41, 5.74) is 1.10. The second-order valence-corrected chi connectivity index (χ2v) is 7.17. The molecule has 140 valence electrons. The molecule has 2 N–H and O–H groups in total. The van der Waals surface area contributed by atoms with Crippen LogP contribution in [0.5, 0.6) is 11.5 Å². The fourth-order valence-electron chi connectivity index (χ4n) is 2.01. The largest absolute Gasteiger partial charge is 0.490 e. The summed E-state index contributed by atoms with van der Waals surface area (Å²) in [5, 5.41) is 5.01. The van der Waals surface area contributed by atoms with Crippen LogP contribution in [0, 0.1) is 6.92 Å². The van der Waals surface area contributed by atoms with Gasteiger partial charge in [0, 0.05) is 0 Å². The summed E-state index contributed by atoms with van der Waals surface area (Å²) in [4.78, 5) is 11.9. The van der Waals surface area contributed by atoms with E-state index < -0.39 is 22.1 Å². The molecule has 0 aliphatic heterocycles. The van der Waals surface area contributed by atoms with Gasteiger partial charge in [-0.3, -0.25) is 0 Å². The molecule has 0 radical (unpaired) electrons. The molecule has 8 heteroatoms. The number of hydrogen-bond acceptors (Lipinski definition) is 6. The van der Waals surface area contributed by atoms with Gasteiger partial charge in [-0.15, -0.1) is 0 Å². The van der Waals surface area contributed by atoms with Gasteiger partial charge in [-0.05, 0) is 50.2 Å². The summed E-state index contributed by atoms with van der Waals surface area (Å²) in [6.45, 7) is 3.73. The Balaban J connectivity index is 1.73. The zero-order chi connectivity index (χ0) is 19.2. The van der Waals surface area contributed by atoms with Crippen molar-refractivity contribution in [2.75, 3.05) is 13.2 Å². The average Bonchev–Trinajstić information content (AvgIpc) is 2.60. The van der Waals surface area contributed by atoms with Gasteiger partial charge in [-0.25, -0.2) is 18.4 Å². The van der Waals surface area contributed by atoms with Gasteiger partial charge < -0.3 is 14.2 Å². The van der Waals surface area contributed by atoms with Gasteiger partial charge in [0.15, 0.2) is 6.10 Å². The maximum absolute atomic E-state index is 11.9. The SMILES string of the molecule is Cc1ccc(OC(C)C(=O)OCCOc2ccc(S(N)(=O)=O)cc2)cc1. The number of benzene rings is 2. The predicted octanol–water partition coefficient (Wildman–Crippen LogP) is 2.03. The first-order valence-electron chi connectivity index (χ1n) is 7.91. The standard InChI is InChI=1S/C18H21NO6S/c1-13-3-5-16(6-4-13)25-14(2)18(20)24-12-11-23-15-7-9-17(10-8-15)26(19,21)22/h3-10,14H,11-12H2,1-2H3,(H2,19,21,22). The summed E-state index contributed by atoms with van der Waals surface area (Å²) in [6, 6.07) is 13.0. The van der Waals surface area contributed by atoms with E-state index in [1.54, 1.807) is 19.1 Å². The molecule has 0 fully saturated rings. The fraction of sp³-hybridized carbons (Fsp3) is 0.278. The van der Waals surface area contributed by atoms with Crippen molar-refractivity contribution in [2.24, 2.45) is 5.14 Å². The van der Waals surface area contributed by atoms with E-state index >= 15 is 0 Å². The van der Waals surface area contributed by atoms with Crippen LogP contribution >= 0.6 is 0 Å². The number of hydrogen-bond donors (Lipinski definition) is 1. The number of ether oxygens (including phenoxy) is 3. The Labute approximate surface area is 152 Å². The topological polar surface area (TPSA) is 105 Å². The van der Waals surface area contributed by atoms with Gasteiger partial charge in [0.1, 0.15) is 24.7 Å². The highest BCUT2D eigenvalue weighted by Gasteiger charge is 2.16. The molecule has 0 bridgehead atoms. The summed E-state index contributed by atoms with van der Waals surface area (Å²) < 4.78 is 38.3. The lowest BCUT2D eigenvalue weighted by Crippen LogP contribution is -2.27. The first-order valence-corrected chi connectivity index (χ1v) is 9.46. The molecule has 0 heterocycles. The Morgan fingerprint density at radius 1 is 1.00 bits per heavy atom. The molecule has 0 aliphatic carbocycles. The number of esters is 1. The molecule has 0 amide bonds. The van der Waals surface area contributed by atoms with E-state index in [0.29, 0.717) is 11.5 Å². The number of sulfonamides is 1. The van der Waals surface area contributed by atoms with Crippen molar-refractivity contribution < 1.29 is 27.4 Å². The molecule has 0 saturated heterocycles. The third-order valence-corrected chi connectivity index (χ3v) is 4.34. The summed E-state index contributed by atoms with van der Waals surface area (Å²) in [5.74, 6) is 0.530. The van der Waals surface area contributed by atoms with Crippen LogP contribution in [0.15, 0.2) is 53.4 Å². The van der Waals surface area contributed by atoms with E-state index in [1.165, 1.54) is 24.3 Å². The van der Waals surface area contributed by atoms with Crippen LogP contribution in [0.2, 0.25) is 0 Å². The Bertz CT molecular complexity index is 831. The number of rotatable bonds is 8. The van der Waals surface area contributed by atoms with E-state index in [2.05, 4.69) is 0 Å². The minimum atomic E-state index is -3.73. The van der Waals surface area contributed by atoms with E-state index in [1.807, 2.05) is 19.1 Å². The number of aryl methyl sites for hydroxylation is 1. The van der Waals surface area contributed by atoms with Crippen LogP contribution in [-0.4, -0.2) is 33.7 Å². The summed E-state index contributed by atoms with van der Waals surface area (Å²) in [6.07, 6.45) is -0.744. The minimum Gasteiger partial charge on any atom is -0.490 e. The van der Waals surface area contributed by atoms with Gasteiger partial charge >= 0.3 is 5.97 Å². The van der Waals surface area contributed by atoms with Gasteiger partial charge in [-0.2, -0.15) is 0 Å². The molecule has 2 aromatic rings. The van der Waals surface area contributed by atoms with E-state index in [9.17, 15) is 13.2 Å². The van der Waals surface area contributed by atoms with Crippen LogP contribution < -0.4 is 14.6 Å². The molecule has 0 aromatic heterocycles. The molecule has 2 aromatic carbocycles. The molecular weight excluding hydrogens is 358 g/mol. The monoisotopic (exact) mass is 379 g/mol. The lowest BCUT2D eigenvalue weighted by Gasteiger charge is -2.14. The molecule has 0 spiro atoms. The van der Waals surface area contributed by atoms with Gasteiger partial charge in [0.2, 0.25) is 10.0 Å². The Hall–Kier alpha value is -2.58. The van der Waals surface area contributed by atoms with Crippen molar-refractivity contribution in [2.45, 2.75) is 24.8 Å². The molecule has 2 rings (SSSR count). The van der Waals surface area contributed by atoms with Crippen LogP contribution in [0.3, 0.4) is 0 Å². The molecule has 1 unspecified atom stereocenters. The Morgan fingerprint density at radius 2 is 1.58 bits per heavy atom. The number of carbonyl (C=O) groups excluding carboxylic acids is 1. The predicted molar refractivity (Wildman–Crippen MR) is 95.5 cm³/mol. The van der Waals surface area contributed by atoms with Gasteiger partial charge in [-0.1, -0.05) is 17.7 Å². The fourth-order valence-corrected chi connectivity index (χ4v) is 2.53. The number of primary sulfonamides is 1. The second kappa shape index (κ2) is 8.68.